The second kappa shape index (κ2) is 5.91. The van der Waals surface area contributed by atoms with Gasteiger partial charge in [0.25, 0.3) is 0 Å². The van der Waals surface area contributed by atoms with Crippen LogP contribution in [0.1, 0.15) is 45.5 Å². The summed E-state index contributed by atoms with van der Waals surface area (Å²) in [6.45, 7) is 6.61. The lowest BCUT2D eigenvalue weighted by Crippen LogP contribution is -2.11. The molecule has 1 aromatic carbocycles. The normalized spacial score (nSPS) is 14.8. The number of imidazole rings is 1. The van der Waals surface area contributed by atoms with Gasteiger partial charge in [-0.2, -0.15) is 0 Å². The molecule has 0 fully saturated rings. The molecule has 2 atom stereocenters. The summed E-state index contributed by atoms with van der Waals surface area (Å²) in [6.07, 6.45) is 2.23. The van der Waals surface area contributed by atoms with Crippen molar-refractivity contribution in [2.75, 3.05) is 0 Å². The summed E-state index contributed by atoms with van der Waals surface area (Å²) in [6, 6.07) is 5.06. The number of aromatic nitrogens is 2. The highest BCUT2D eigenvalue weighted by Gasteiger charge is 2.17. The summed E-state index contributed by atoms with van der Waals surface area (Å²) in [4.78, 5) is 4.44. The molecular formula is C15H20ClFN2. The second-order valence-corrected chi connectivity index (χ2v) is 5.53. The van der Waals surface area contributed by atoms with Crippen molar-refractivity contribution in [1.29, 1.82) is 0 Å². The monoisotopic (exact) mass is 282 g/mol. The van der Waals surface area contributed by atoms with Gasteiger partial charge in [-0.3, -0.25) is 0 Å². The molecule has 104 valence electrons. The lowest BCUT2D eigenvalue weighted by molar-refractivity contribution is 0.399. The maximum Gasteiger partial charge on any atom is 0.125 e. The lowest BCUT2D eigenvalue weighted by atomic mass is 10.00. The van der Waals surface area contributed by atoms with E-state index in [0.29, 0.717) is 23.4 Å². The van der Waals surface area contributed by atoms with Crippen molar-refractivity contribution in [3.8, 4) is 0 Å². The minimum Gasteiger partial charge on any atom is -0.324 e. The Kier molecular flexibility index (Phi) is 4.46. The molecule has 0 N–H and O–H groups in total. The molecule has 0 saturated heterocycles. The van der Waals surface area contributed by atoms with E-state index in [9.17, 15) is 4.39 Å². The molecule has 0 aliphatic heterocycles. The first-order valence-electron chi connectivity index (χ1n) is 6.79. The van der Waals surface area contributed by atoms with Crippen molar-refractivity contribution in [3.05, 3.63) is 29.8 Å². The van der Waals surface area contributed by atoms with E-state index in [-0.39, 0.29) is 5.82 Å². The summed E-state index contributed by atoms with van der Waals surface area (Å²) in [5.41, 5.74) is 1.65. The van der Waals surface area contributed by atoms with Gasteiger partial charge in [0.1, 0.15) is 11.6 Å². The molecule has 0 aliphatic rings. The first kappa shape index (κ1) is 14.3. The number of alkyl halides is 1. The largest absolute Gasteiger partial charge is 0.324 e. The van der Waals surface area contributed by atoms with Crippen molar-refractivity contribution in [3.63, 3.8) is 0 Å². The minimum absolute atomic E-state index is 0.257. The Morgan fingerprint density at radius 1 is 1.37 bits per heavy atom. The van der Waals surface area contributed by atoms with Crippen LogP contribution in [0.5, 0.6) is 0 Å². The Balaban J connectivity index is 2.45. The Labute approximate surface area is 118 Å². The average molecular weight is 283 g/mol. The third kappa shape index (κ3) is 2.92. The van der Waals surface area contributed by atoms with E-state index < -0.39 is 0 Å². The van der Waals surface area contributed by atoms with E-state index in [1.165, 1.54) is 12.1 Å². The maximum atomic E-state index is 13.3. The molecule has 1 aromatic heterocycles. The lowest BCUT2D eigenvalue weighted by Gasteiger charge is -2.20. The van der Waals surface area contributed by atoms with Crippen molar-refractivity contribution in [2.45, 2.75) is 45.5 Å². The third-order valence-electron chi connectivity index (χ3n) is 3.73. The SMILES string of the molecule is CCC(C)CC(C)n1c(CCl)nc2cc(F)ccc21. The third-order valence-corrected chi connectivity index (χ3v) is 3.96. The Hall–Kier alpha value is -1.09. The molecule has 0 aliphatic carbocycles. The van der Waals surface area contributed by atoms with Crippen LogP contribution in [0.2, 0.25) is 0 Å². The van der Waals surface area contributed by atoms with Crippen LogP contribution in [0.15, 0.2) is 18.2 Å². The zero-order valence-electron chi connectivity index (χ0n) is 11.7. The molecule has 2 rings (SSSR count). The van der Waals surface area contributed by atoms with Gasteiger partial charge in [0, 0.05) is 12.1 Å². The molecular weight excluding hydrogens is 263 g/mol. The molecule has 2 aromatic rings. The molecule has 0 amide bonds. The van der Waals surface area contributed by atoms with Crippen LogP contribution < -0.4 is 0 Å². The van der Waals surface area contributed by atoms with Crippen LogP contribution >= 0.6 is 11.6 Å². The molecule has 0 spiro atoms. The zero-order valence-corrected chi connectivity index (χ0v) is 12.4. The fourth-order valence-corrected chi connectivity index (χ4v) is 2.75. The smallest absolute Gasteiger partial charge is 0.125 e. The number of rotatable bonds is 5. The van der Waals surface area contributed by atoms with E-state index in [1.54, 1.807) is 6.07 Å². The Morgan fingerprint density at radius 2 is 2.11 bits per heavy atom. The predicted octanol–water partition coefficient (Wildman–Crippen LogP) is 4.91. The van der Waals surface area contributed by atoms with Gasteiger partial charge in [-0.25, -0.2) is 9.37 Å². The van der Waals surface area contributed by atoms with Gasteiger partial charge in [-0.1, -0.05) is 20.3 Å². The van der Waals surface area contributed by atoms with Crippen LogP contribution in [-0.4, -0.2) is 9.55 Å². The molecule has 2 nitrogen and oxygen atoms in total. The van der Waals surface area contributed by atoms with E-state index in [0.717, 1.165) is 24.2 Å². The Bertz CT molecular complexity index is 565. The number of hydrogen-bond donors (Lipinski definition) is 0. The highest BCUT2D eigenvalue weighted by Crippen LogP contribution is 2.27. The summed E-state index contributed by atoms with van der Waals surface area (Å²) in [7, 11) is 0. The van der Waals surface area contributed by atoms with E-state index in [1.807, 2.05) is 0 Å². The van der Waals surface area contributed by atoms with Gasteiger partial charge < -0.3 is 4.57 Å². The van der Waals surface area contributed by atoms with Crippen LogP contribution in [0.3, 0.4) is 0 Å². The van der Waals surface area contributed by atoms with E-state index in [2.05, 4.69) is 30.3 Å². The van der Waals surface area contributed by atoms with Crippen LogP contribution in [0, 0.1) is 11.7 Å². The first-order chi connectivity index (χ1) is 9.06. The van der Waals surface area contributed by atoms with Gasteiger partial charge in [0.15, 0.2) is 0 Å². The summed E-state index contributed by atoms with van der Waals surface area (Å²) < 4.78 is 15.4. The molecule has 0 saturated carbocycles. The van der Waals surface area contributed by atoms with Crippen LogP contribution in [0.4, 0.5) is 4.39 Å². The van der Waals surface area contributed by atoms with E-state index >= 15 is 0 Å². The average Bonchev–Trinajstić information content (AvgIpc) is 2.75. The zero-order chi connectivity index (χ0) is 14.0. The maximum absolute atomic E-state index is 13.3. The standard InChI is InChI=1S/C15H20ClFN2/c1-4-10(2)7-11(3)19-14-6-5-12(17)8-13(14)18-15(19)9-16/h5-6,8,10-11H,4,7,9H2,1-3H3. The summed E-state index contributed by atoms with van der Waals surface area (Å²) in [5, 5.41) is 0. The Morgan fingerprint density at radius 3 is 2.74 bits per heavy atom. The molecule has 0 bridgehead atoms. The van der Waals surface area contributed by atoms with Gasteiger partial charge in [-0.05, 0) is 31.4 Å². The van der Waals surface area contributed by atoms with Gasteiger partial charge in [0.05, 0.1) is 16.9 Å². The van der Waals surface area contributed by atoms with E-state index in [4.69, 9.17) is 11.6 Å². The fraction of sp³-hybridized carbons (Fsp3) is 0.533. The highest BCUT2D eigenvalue weighted by atomic mass is 35.5. The van der Waals surface area contributed by atoms with Gasteiger partial charge in [-0.15, -0.1) is 11.6 Å². The van der Waals surface area contributed by atoms with Crippen molar-refractivity contribution >= 4 is 22.6 Å². The summed E-state index contributed by atoms with van der Waals surface area (Å²) in [5.74, 6) is 1.56. The van der Waals surface area contributed by atoms with Crippen molar-refractivity contribution in [2.24, 2.45) is 5.92 Å². The second-order valence-electron chi connectivity index (χ2n) is 5.26. The number of benzene rings is 1. The number of fused-ring (bicyclic) bond motifs is 1. The molecule has 2 unspecified atom stereocenters. The number of halogens is 2. The van der Waals surface area contributed by atoms with Crippen molar-refractivity contribution < 1.29 is 4.39 Å². The molecule has 1 heterocycles. The molecule has 4 heteroatoms. The topological polar surface area (TPSA) is 17.8 Å². The number of hydrogen-bond acceptors (Lipinski definition) is 1. The summed E-state index contributed by atoms with van der Waals surface area (Å²) >= 11 is 5.98. The van der Waals surface area contributed by atoms with Gasteiger partial charge in [0.2, 0.25) is 0 Å². The first-order valence-corrected chi connectivity index (χ1v) is 7.32. The quantitative estimate of drug-likeness (QED) is 0.712. The van der Waals surface area contributed by atoms with Crippen LogP contribution in [-0.2, 0) is 5.88 Å². The van der Waals surface area contributed by atoms with Crippen molar-refractivity contribution in [1.82, 2.24) is 9.55 Å². The highest BCUT2D eigenvalue weighted by molar-refractivity contribution is 6.16. The fourth-order valence-electron chi connectivity index (χ4n) is 2.56. The predicted molar refractivity (Wildman–Crippen MR) is 78.0 cm³/mol. The van der Waals surface area contributed by atoms with Gasteiger partial charge >= 0.3 is 0 Å². The minimum atomic E-state index is -0.257. The van der Waals surface area contributed by atoms with Crippen LogP contribution in [0.25, 0.3) is 11.0 Å². The number of nitrogens with zero attached hydrogens (tertiary/aromatic N) is 2. The molecule has 19 heavy (non-hydrogen) atoms. The molecule has 0 radical (unpaired) electrons.